The topological polar surface area (TPSA) is 45.2 Å². The number of rotatable bonds is 4. The first-order valence-corrected chi connectivity index (χ1v) is 6.43. The van der Waals surface area contributed by atoms with Crippen molar-refractivity contribution >= 4 is 23.5 Å². The molecule has 1 aromatic carbocycles. The number of pyridine rings is 1. The van der Waals surface area contributed by atoms with Gasteiger partial charge in [-0.05, 0) is 35.9 Å². The van der Waals surface area contributed by atoms with E-state index in [2.05, 4.69) is 10.3 Å². The third kappa shape index (κ3) is 4.14. The monoisotopic (exact) mass is 285 g/mol. The van der Waals surface area contributed by atoms with Gasteiger partial charge in [-0.1, -0.05) is 12.1 Å². The number of anilines is 2. The Hall–Kier alpha value is -2.69. The molecule has 5 heteroatoms. The Morgan fingerprint density at radius 1 is 1.29 bits per heavy atom. The molecule has 0 aliphatic rings. The Kier molecular flexibility index (Phi) is 4.66. The lowest BCUT2D eigenvalue weighted by molar-refractivity contribution is -0.111. The molecule has 1 aromatic heterocycles. The van der Waals surface area contributed by atoms with Crippen LogP contribution in [0.4, 0.5) is 15.9 Å². The number of hydrogen-bond donors (Lipinski definition) is 1. The highest BCUT2D eigenvalue weighted by Gasteiger charge is 2.06. The van der Waals surface area contributed by atoms with Gasteiger partial charge in [0.25, 0.3) is 0 Å². The molecule has 21 heavy (non-hydrogen) atoms. The standard InChI is InChI=1S/C16H16FN3O/c1-20(2)16-14(7-4-10-18-16)19-15(21)9-8-12-5-3-6-13(17)11-12/h3-11H,1-2H3,(H,19,21)/b9-8+. The summed E-state index contributed by atoms with van der Waals surface area (Å²) in [6.07, 6.45) is 4.58. The first-order valence-electron chi connectivity index (χ1n) is 6.43. The fourth-order valence-electron chi connectivity index (χ4n) is 1.81. The maximum Gasteiger partial charge on any atom is 0.248 e. The van der Waals surface area contributed by atoms with E-state index < -0.39 is 0 Å². The van der Waals surface area contributed by atoms with Crippen molar-refractivity contribution in [3.63, 3.8) is 0 Å². The lowest BCUT2D eigenvalue weighted by Crippen LogP contribution is -2.16. The third-order valence-electron chi connectivity index (χ3n) is 2.74. The fourth-order valence-corrected chi connectivity index (χ4v) is 1.81. The summed E-state index contributed by atoms with van der Waals surface area (Å²) < 4.78 is 13.0. The summed E-state index contributed by atoms with van der Waals surface area (Å²) in [6.45, 7) is 0. The van der Waals surface area contributed by atoms with E-state index in [1.807, 2.05) is 19.0 Å². The van der Waals surface area contributed by atoms with Crippen LogP contribution in [0.1, 0.15) is 5.56 Å². The van der Waals surface area contributed by atoms with Gasteiger partial charge in [0.1, 0.15) is 5.82 Å². The second-order valence-corrected chi connectivity index (χ2v) is 4.65. The average Bonchev–Trinajstić information content (AvgIpc) is 2.45. The van der Waals surface area contributed by atoms with Crippen molar-refractivity contribution in [2.24, 2.45) is 0 Å². The van der Waals surface area contributed by atoms with E-state index in [4.69, 9.17) is 0 Å². The second-order valence-electron chi connectivity index (χ2n) is 4.65. The van der Waals surface area contributed by atoms with Crippen LogP contribution in [0.3, 0.4) is 0 Å². The minimum atomic E-state index is -0.334. The number of hydrogen-bond acceptors (Lipinski definition) is 3. The highest BCUT2D eigenvalue weighted by Crippen LogP contribution is 2.20. The van der Waals surface area contributed by atoms with Gasteiger partial charge >= 0.3 is 0 Å². The van der Waals surface area contributed by atoms with Crippen molar-refractivity contribution in [1.29, 1.82) is 0 Å². The molecule has 2 rings (SSSR count). The van der Waals surface area contributed by atoms with Crippen molar-refractivity contribution in [3.8, 4) is 0 Å². The molecule has 2 aromatic rings. The van der Waals surface area contributed by atoms with Crippen LogP contribution >= 0.6 is 0 Å². The molecule has 108 valence electrons. The predicted octanol–water partition coefficient (Wildman–Crippen LogP) is 2.94. The van der Waals surface area contributed by atoms with Crippen LogP contribution in [0, 0.1) is 5.82 Å². The Morgan fingerprint density at radius 3 is 2.81 bits per heavy atom. The van der Waals surface area contributed by atoms with Gasteiger partial charge < -0.3 is 10.2 Å². The molecule has 1 heterocycles. The van der Waals surface area contributed by atoms with Gasteiger partial charge in [0.05, 0.1) is 5.69 Å². The zero-order valence-corrected chi connectivity index (χ0v) is 11.9. The van der Waals surface area contributed by atoms with Crippen LogP contribution in [0.5, 0.6) is 0 Å². The van der Waals surface area contributed by atoms with Crippen LogP contribution in [0.2, 0.25) is 0 Å². The summed E-state index contributed by atoms with van der Waals surface area (Å²) >= 11 is 0. The van der Waals surface area contributed by atoms with Crippen molar-refractivity contribution < 1.29 is 9.18 Å². The van der Waals surface area contributed by atoms with Gasteiger partial charge in [0.2, 0.25) is 5.91 Å². The van der Waals surface area contributed by atoms with Gasteiger partial charge in [0, 0.05) is 26.4 Å². The summed E-state index contributed by atoms with van der Waals surface area (Å²) in [6, 6.07) is 9.56. The van der Waals surface area contributed by atoms with Crippen molar-refractivity contribution in [1.82, 2.24) is 4.98 Å². The van der Waals surface area contributed by atoms with Crippen LogP contribution < -0.4 is 10.2 Å². The molecule has 1 N–H and O–H groups in total. The van der Waals surface area contributed by atoms with Crippen molar-refractivity contribution in [2.75, 3.05) is 24.3 Å². The van der Waals surface area contributed by atoms with Gasteiger partial charge in [-0.2, -0.15) is 0 Å². The lowest BCUT2D eigenvalue weighted by atomic mass is 10.2. The first-order chi connectivity index (χ1) is 10.1. The van der Waals surface area contributed by atoms with Crippen molar-refractivity contribution in [3.05, 3.63) is 60.1 Å². The molecule has 0 radical (unpaired) electrons. The molecule has 0 spiro atoms. The Bertz CT molecular complexity index is 668. The van der Waals surface area contributed by atoms with E-state index >= 15 is 0 Å². The maximum absolute atomic E-state index is 13.0. The summed E-state index contributed by atoms with van der Waals surface area (Å²) in [5, 5.41) is 2.75. The molecular weight excluding hydrogens is 269 g/mol. The molecule has 0 fully saturated rings. The zero-order valence-electron chi connectivity index (χ0n) is 11.9. The first kappa shape index (κ1) is 14.7. The number of nitrogens with zero attached hydrogens (tertiary/aromatic N) is 2. The Balaban J connectivity index is 2.09. The van der Waals surface area contributed by atoms with Crippen LogP contribution in [-0.4, -0.2) is 25.0 Å². The van der Waals surface area contributed by atoms with E-state index in [9.17, 15) is 9.18 Å². The fraction of sp³-hybridized carbons (Fsp3) is 0.125. The van der Waals surface area contributed by atoms with E-state index in [1.54, 1.807) is 36.5 Å². The molecule has 0 aliphatic heterocycles. The minimum absolute atomic E-state index is 0.296. The SMILES string of the molecule is CN(C)c1ncccc1NC(=O)/C=C/c1cccc(F)c1. The van der Waals surface area contributed by atoms with E-state index in [0.29, 0.717) is 17.1 Å². The quantitative estimate of drug-likeness (QED) is 0.878. The second kappa shape index (κ2) is 6.65. The summed E-state index contributed by atoms with van der Waals surface area (Å²) in [7, 11) is 3.70. The van der Waals surface area contributed by atoms with Crippen LogP contribution in [0.15, 0.2) is 48.7 Å². The van der Waals surface area contributed by atoms with E-state index in [1.165, 1.54) is 18.2 Å². The summed E-state index contributed by atoms with van der Waals surface area (Å²) in [5.74, 6) is 0.0417. The molecule has 0 saturated heterocycles. The van der Waals surface area contributed by atoms with Gasteiger partial charge in [-0.25, -0.2) is 9.37 Å². The van der Waals surface area contributed by atoms with Gasteiger partial charge in [-0.15, -0.1) is 0 Å². The molecule has 0 unspecified atom stereocenters. The summed E-state index contributed by atoms with van der Waals surface area (Å²) in [5.41, 5.74) is 1.25. The molecular formula is C16H16FN3O. The highest BCUT2D eigenvalue weighted by molar-refractivity contribution is 6.03. The molecule has 0 bridgehead atoms. The Labute approximate surface area is 122 Å². The van der Waals surface area contributed by atoms with Gasteiger partial charge in [0.15, 0.2) is 5.82 Å². The molecule has 1 amide bonds. The Morgan fingerprint density at radius 2 is 2.10 bits per heavy atom. The number of amides is 1. The number of aromatic nitrogens is 1. The number of benzene rings is 1. The number of carbonyl (C=O) groups excluding carboxylic acids is 1. The largest absolute Gasteiger partial charge is 0.361 e. The minimum Gasteiger partial charge on any atom is -0.361 e. The summed E-state index contributed by atoms with van der Waals surface area (Å²) in [4.78, 5) is 17.9. The molecule has 0 saturated carbocycles. The van der Waals surface area contributed by atoms with Gasteiger partial charge in [-0.3, -0.25) is 4.79 Å². The third-order valence-corrected chi connectivity index (χ3v) is 2.74. The zero-order chi connectivity index (χ0) is 15.2. The predicted molar refractivity (Wildman–Crippen MR) is 82.6 cm³/mol. The lowest BCUT2D eigenvalue weighted by Gasteiger charge is -2.15. The molecule has 4 nitrogen and oxygen atoms in total. The van der Waals surface area contributed by atoms with Crippen molar-refractivity contribution in [2.45, 2.75) is 0 Å². The molecule has 0 aliphatic carbocycles. The highest BCUT2D eigenvalue weighted by atomic mass is 19.1. The van der Waals surface area contributed by atoms with E-state index in [0.717, 1.165) is 0 Å². The normalized spacial score (nSPS) is 10.6. The smallest absolute Gasteiger partial charge is 0.248 e. The van der Waals surface area contributed by atoms with Crippen LogP contribution in [0.25, 0.3) is 6.08 Å². The maximum atomic E-state index is 13.0. The number of halogens is 1. The number of carbonyl (C=O) groups is 1. The van der Waals surface area contributed by atoms with E-state index in [-0.39, 0.29) is 11.7 Å². The molecule has 0 atom stereocenters. The average molecular weight is 285 g/mol. The van der Waals surface area contributed by atoms with Crippen LogP contribution in [-0.2, 0) is 4.79 Å². The number of nitrogens with one attached hydrogen (secondary N) is 1.